The molecule has 2 aromatic carbocycles. The first-order valence-corrected chi connectivity index (χ1v) is 8.14. The van der Waals surface area contributed by atoms with Crippen LogP contribution in [0.3, 0.4) is 0 Å². The molecule has 0 amide bonds. The second kappa shape index (κ2) is 9.71. The Morgan fingerprint density at radius 2 is 1.96 bits per heavy atom. The van der Waals surface area contributed by atoms with Crippen LogP contribution in [0, 0.1) is 0 Å². The van der Waals surface area contributed by atoms with Crippen LogP contribution in [0.15, 0.2) is 53.0 Å². The highest BCUT2D eigenvalue weighted by Gasteiger charge is 2.08. The van der Waals surface area contributed by atoms with Gasteiger partial charge in [0.25, 0.3) is 0 Å². The first-order valence-electron chi connectivity index (χ1n) is 7.35. The molecule has 23 heavy (non-hydrogen) atoms. The van der Waals surface area contributed by atoms with Crippen LogP contribution in [0.4, 0.5) is 0 Å². The Balaban J connectivity index is 0.00000264. The third-order valence-corrected chi connectivity index (χ3v) is 3.89. The van der Waals surface area contributed by atoms with Gasteiger partial charge >= 0.3 is 5.97 Å². The molecule has 0 aliphatic carbocycles. The summed E-state index contributed by atoms with van der Waals surface area (Å²) in [6.07, 6.45) is 0. The van der Waals surface area contributed by atoms with Gasteiger partial charge in [-0.25, -0.2) is 4.79 Å². The standard InChI is InChI=1S/C18H20BrNO2.ClH/c1-3-22-18(21)16-8-4-6-14(10-16)12-20-13(2)15-7-5-9-17(19)11-15;/h4-11,13,20H,3,12H2,1-2H3;1H. The van der Waals surface area contributed by atoms with Crippen molar-refractivity contribution in [2.24, 2.45) is 0 Å². The first kappa shape index (κ1) is 19.7. The predicted octanol–water partition coefficient (Wildman–Crippen LogP) is 4.90. The van der Waals surface area contributed by atoms with E-state index < -0.39 is 0 Å². The van der Waals surface area contributed by atoms with Crippen molar-refractivity contribution in [1.29, 1.82) is 0 Å². The van der Waals surface area contributed by atoms with E-state index in [-0.39, 0.29) is 24.4 Å². The zero-order chi connectivity index (χ0) is 15.9. The molecule has 124 valence electrons. The number of nitrogens with one attached hydrogen (secondary N) is 1. The summed E-state index contributed by atoms with van der Waals surface area (Å²) < 4.78 is 6.10. The number of rotatable bonds is 6. The lowest BCUT2D eigenvalue weighted by Gasteiger charge is -2.15. The molecular weight excluding hydrogens is 378 g/mol. The molecule has 0 spiro atoms. The van der Waals surface area contributed by atoms with Gasteiger partial charge in [-0.2, -0.15) is 0 Å². The lowest BCUT2D eigenvalue weighted by atomic mass is 10.1. The molecule has 0 aliphatic heterocycles. The molecule has 2 rings (SSSR count). The van der Waals surface area contributed by atoms with Crippen molar-refractivity contribution in [3.63, 3.8) is 0 Å². The average Bonchev–Trinajstić information content (AvgIpc) is 2.53. The minimum atomic E-state index is -0.274. The summed E-state index contributed by atoms with van der Waals surface area (Å²) in [5.74, 6) is -0.274. The fraction of sp³-hybridized carbons (Fsp3) is 0.278. The molecule has 0 aromatic heterocycles. The van der Waals surface area contributed by atoms with Gasteiger partial charge in [0.05, 0.1) is 12.2 Å². The van der Waals surface area contributed by atoms with Crippen molar-refractivity contribution in [2.75, 3.05) is 6.61 Å². The van der Waals surface area contributed by atoms with Gasteiger partial charge in [-0.1, -0.05) is 40.2 Å². The molecule has 1 N–H and O–H groups in total. The van der Waals surface area contributed by atoms with E-state index in [1.54, 1.807) is 6.07 Å². The largest absolute Gasteiger partial charge is 0.462 e. The molecule has 1 unspecified atom stereocenters. The molecule has 0 radical (unpaired) electrons. The second-order valence-corrected chi connectivity index (χ2v) is 5.99. The molecule has 1 atom stereocenters. The molecule has 0 aliphatic rings. The van der Waals surface area contributed by atoms with E-state index >= 15 is 0 Å². The van der Waals surface area contributed by atoms with Crippen molar-refractivity contribution in [3.8, 4) is 0 Å². The van der Waals surface area contributed by atoms with Crippen molar-refractivity contribution >= 4 is 34.3 Å². The molecule has 0 heterocycles. The lowest BCUT2D eigenvalue weighted by Crippen LogP contribution is -2.18. The minimum Gasteiger partial charge on any atom is -0.462 e. The number of ether oxygens (including phenoxy) is 1. The minimum absolute atomic E-state index is 0. The van der Waals surface area contributed by atoms with E-state index in [9.17, 15) is 4.79 Å². The molecule has 0 saturated carbocycles. The van der Waals surface area contributed by atoms with E-state index in [0.29, 0.717) is 18.7 Å². The fourth-order valence-electron chi connectivity index (χ4n) is 2.19. The van der Waals surface area contributed by atoms with Gasteiger partial charge < -0.3 is 10.1 Å². The summed E-state index contributed by atoms with van der Waals surface area (Å²) in [6, 6.07) is 16.0. The van der Waals surface area contributed by atoms with E-state index in [1.807, 2.05) is 37.3 Å². The maximum Gasteiger partial charge on any atom is 0.338 e. The van der Waals surface area contributed by atoms with Crippen LogP contribution < -0.4 is 5.32 Å². The zero-order valence-electron chi connectivity index (χ0n) is 13.2. The molecule has 0 bridgehead atoms. The molecule has 0 fully saturated rings. The molecule has 3 nitrogen and oxygen atoms in total. The van der Waals surface area contributed by atoms with Crippen LogP contribution in [0.5, 0.6) is 0 Å². The van der Waals surface area contributed by atoms with Crippen LogP contribution in [0.1, 0.15) is 41.4 Å². The van der Waals surface area contributed by atoms with Crippen molar-refractivity contribution in [1.82, 2.24) is 5.32 Å². The second-order valence-electron chi connectivity index (χ2n) is 5.08. The Kier molecular flexibility index (Phi) is 8.31. The van der Waals surface area contributed by atoms with Gasteiger partial charge in [-0.3, -0.25) is 0 Å². The van der Waals surface area contributed by atoms with Gasteiger partial charge in [0.2, 0.25) is 0 Å². The lowest BCUT2D eigenvalue weighted by molar-refractivity contribution is 0.0526. The molecule has 5 heteroatoms. The average molecular weight is 399 g/mol. The Bertz CT molecular complexity index is 648. The third kappa shape index (κ3) is 5.98. The number of esters is 1. The number of carbonyl (C=O) groups is 1. The van der Waals surface area contributed by atoms with E-state index in [0.717, 1.165) is 10.0 Å². The normalized spacial score (nSPS) is 11.4. The summed E-state index contributed by atoms with van der Waals surface area (Å²) in [4.78, 5) is 11.7. The quantitative estimate of drug-likeness (QED) is 0.703. The smallest absolute Gasteiger partial charge is 0.338 e. The van der Waals surface area contributed by atoms with Crippen molar-refractivity contribution < 1.29 is 9.53 Å². The molecule has 0 saturated heterocycles. The fourth-order valence-corrected chi connectivity index (χ4v) is 2.60. The monoisotopic (exact) mass is 397 g/mol. The summed E-state index contributed by atoms with van der Waals surface area (Å²) in [6.45, 7) is 5.02. The summed E-state index contributed by atoms with van der Waals surface area (Å²) in [7, 11) is 0. The van der Waals surface area contributed by atoms with Crippen LogP contribution in [-0.4, -0.2) is 12.6 Å². The maximum absolute atomic E-state index is 11.7. The highest BCUT2D eigenvalue weighted by atomic mass is 79.9. The van der Waals surface area contributed by atoms with Gasteiger partial charge in [0, 0.05) is 17.1 Å². The SMILES string of the molecule is CCOC(=O)c1cccc(CNC(C)c2cccc(Br)c2)c1.Cl. The maximum atomic E-state index is 11.7. The van der Waals surface area contributed by atoms with Crippen LogP contribution in [-0.2, 0) is 11.3 Å². The topological polar surface area (TPSA) is 38.3 Å². The highest BCUT2D eigenvalue weighted by molar-refractivity contribution is 9.10. The molecule has 2 aromatic rings. The summed E-state index contributed by atoms with van der Waals surface area (Å²) in [5.41, 5.74) is 2.87. The molecular formula is C18H21BrClNO2. The number of carbonyl (C=O) groups excluding carboxylic acids is 1. The van der Waals surface area contributed by atoms with Gasteiger partial charge in [0.1, 0.15) is 0 Å². The van der Waals surface area contributed by atoms with E-state index in [1.165, 1.54) is 5.56 Å². The van der Waals surface area contributed by atoms with Crippen LogP contribution in [0.2, 0.25) is 0 Å². The third-order valence-electron chi connectivity index (χ3n) is 3.40. The van der Waals surface area contributed by atoms with Crippen molar-refractivity contribution in [2.45, 2.75) is 26.4 Å². The predicted molar refractivity (Wildman–Crippen MR) is 99.0 cm³/mol. The Morgan fingerprint density at radius 3 is 2.65 bits per heavy atom. The number of halogens is 2. The Labute approximate surface area is 152 Å². The van der Waals surface area contributed by atoms with Crippen LogP contribution >= 0.6 is 28.3 Å². The number of benzene rings is 2. The van der Waals surface area contributed by atoms with E-state index in [2.05, 4.69) is 40.3 Å². The number of hydrogen-bond donors (Lipinski definition) is 1. The Hall–Kier alpha value is -1.36. The van der Waals surface area contributed by atoms with E-state index in [4.69, 9.17) is 4.74 Å². The van der Waals surface area contributed by atoms with Gasteiger partial charge in [-0.15, -0.1) is 12.4 Å². The van der Waals surface area contributed by atoms with Gasteiger partial charge in [0.15, 0.2) is 0 Å². The summed E-state index contributed by atoms with van der Waals surface area (Å²) >= 11 is 3.49. The zero-order valence-corrected chi connectivity index (χ0v) is 15.6. The Morgan fingerprint density at radius 1 is 1.22 bits per heavy atom. The van der Waals surface area contributed by atoms with Crippen LogP contribution in [0.25, 0.3) is 0 Å². The summed E-state index contributed by atoms with van der Waals surface area (Å²) in [5, 5.41) is 3.47. The first-order chi connectivity index (χ1) is 10.6. The van der Waals surface area contributed by atoms with Gasteiger partial charge in [-0.05, 0) is 49.2 Å². The van der Waals surface area contributed by atoms with Crippen molar-refractivity contribution in [3.05, 3.63) is 69.7 Å². The number of hydrogen-bond acceptors (Lipinski definition) is 3. The highest BCUT2D eigenvalue weighted by Crippen LogP contribution is 2.18.